The van der Waals surface area contributed by atoms with Crippen LogP contribution in [0.15, 0.2) is 0 Å². The highest BCUT2D eigenvalue weighted by atomic mass is 28.2. The van der Waals surface area contributed by atoms with Crippen molar-refractivity contribution in [3.05, 3.63) is 0 Å². The van der Waals surface area contributed by atoms with E-state index in [-0.39, 0.29) is 8.41 Å². The summed E-state index contributed by atoms with van der Waals surface area (Å²) in [4.78, 5) is 0. The van der Waals surface area contributed by atoms with Gasteiger partial charge in [-0.2, -0.15) is 0 Å². The van der Waals surface area contributed by atoms with Crippen LogP contribution >= 0.6 is 0 Å². The SMILES string of the molecule is CCC=[Si](CCC)CCC. The van der Waals surface area contributed by atoms with Gasteiger partial charge >= 0.3 is 0 Å². The van der Waals surface area contributed by atoms with Crippen LogP contribution in [0.2, 0.25) is 12.1 Å². The fourth-order valence-electron chi connectivity index (χ4n) is 1.26. The van der Waals surface area contributed by atoms with Gasteiger partial charge in [-0.15, -0.1) is 5.67 Å². The molecule has 60 valence electrons. The molecule has 0 aromatic rings. The summed E-state index contributed by atoms with van der Waals surface area (Å²) >= 11 is 0. The lowest BCUT2D eigenvalue weighted by molar-refractivity contribution is 1.02. The third kappa shape index (κ3) is 4.92. The fourth-order valence-corrected chi connectivity index (χ4v) is 3.78. The van der Waals surface area contributed by atoms with Gasteiger partial charge in [-0.1, -0.05) is 33.6 Å². The van der Waals surface area contributed by atoms with Crippen molar-refractivity contribution in [1.82, 2.24) is 0 Å². The molecule has 0 rings (SSSR count). The topological polar surface area (TPSA) is 0 Å². The molecule has 0 N–H and O–H groups in total. The molecular formula is C9H20Si. The van der Waals surface area contributed by atoms with E-state index < -0.39 is 0 Å². The zero-order valence-electron chi connectivity index (χ0n) is 7.61. The van der Waals surface area contributed by atoms with Crippen LogP contribution in [0.1, 0.15) is 40.0 Å². The minimum absolute atomic E-state index is 0.0224. The highest BCUT2D eigenvalue weighted by Gasteiger charge is 1.93. The predicted molar refractivity (Wildman–Crippen MR) is 52.3 cm³/mol. The molecule has 0 spiro atoms. The van der Waals surface area contributed by atoms with E-state index in [1.807, 2.05) is 0 Å². The van der Waals surface area contributed by atoms with Gasteiger partial charge in [0.2, 0.25) is 0 Å². The van der Waals surface area contributed by atoms with E-state index in [1.54, 1.807) is 0 Å². The third-order valence-electron chi connectivity index (χ3n) is 1.64. The van der Waals surface area contributed by atoms with Crippen molar-refractivity contribution in [3.8, 4) is 0 Å². The van der Waals surface area contributed by atoms with E-state index in [1.165, 1.54) is 31.4 Å². The maximum atomic E-state index is 2.57. The lowest BCUT2D eigenvalue weighted by atomic mass is 10.6. The average molecular weight is 156 g/mol. The number of hydrogen-bond donors (Lipinski definition) is 0. The summed E-state index contributed by atoms with van der Waals surface area (Å²) in [5.41, 5.74) is 2.57. The van der Waals surface area contributed by atoms with Crippen LogP contribution < -0.4 is 0 Å². The van der Waals surface area contributed by atoms with Crippen LogP contribution in [0.5, 0.6) is 0 Å². The van der Waals surface area contributed by atoms with Gasteiger partial charge in [-0.05, 0) is 18.5 Å². The Bertz CT molecular complexity index is 86.9. The minimum atomic E-state index is -0.0224. The summed E-state index contributed by atoms with van der Waals surface area (Å²) in [5.74, 6) is 0. The maximum Gasteiger partial charge on any atom is 0.00529 e. The Kier molecular flexibility index (Phi) is 7.26. The first-order valence-corrected chi connectivity index (χ1v) is 6.52. The molecule has 0 aromatic carbocycles. The van der Waals surface area contributed by atoms with E-state index >= 15 is 0 Å². The second-order valence-corrected chi connectivity index (χ2v) is 5.50. The Labute approximate surface area is 66.9 Å². The molecule has 1 heteroatoms. The molecule has 0 bridgehead atoms. The summed E-state index contributed by atoms with van der Waals surface area (Å²) in [6.07, 6.45) is 4.05. The highest BCUT2D eigenvalue weighted by Crippen LogP contribution is 1.98. The van der Waals surface area contributed by atoms with Crippen LogP contribution in [0.4, 0.5) is 0 Å². The normalized spacial score (nSPS) is 9.50. The van der Waals surface area contributed by atoms with Gasteiger partial charge in [-0.25, -0.2) is 0 Å². The Morgan fingerprint density at radius 3 is 1.80 bits per heavy atom. The van der Waals surface area contributed by atoms with E-state index in [2.05, 4.69) is 26.4 Å². The van der Waals surface area contributed by atoms with Gasteiger partial charge in [0.1, 0.15) is 0 Å². The zero-order chi connectivity index (χ0) is 7.82. The van der Waals surface area contributed by atoms with Crippen molar-refractivity contribution in [3.63, 3.8) is 0 Å². The number of rotatable bonds is 5. The van der Waals surface area contributed by atoms with Crippen molar-refractivity contribution in [2.75, 3.05) is 0 Å². The zero-order valence-corrected chi connectivity index (χ0v) is 8.61. The molecule has 0 fully saturated rings. The summed E-state index contributed by atoms with van der Waals surface area (Å²) < 4.78 is 0. The molecular weight excluding hydrogens is 136 g/mol. The third-order valence-corrected chi connectivity index (χ3v) is 4.91. The molecule has 0 saturated carbocycles. The fraction of sp³-hybridized carbons (Fsp3) is 0.889. The average Bonchev–Trinajstić information content (AvgIpc) is 1.90. The molecule has 0 aliphatic carbocycles. The second kappa shape index (κ2) is 7.20. The van der Waals surface area contributed by atoms with Crippen LogP contribution in [0, 0.1) is 0 Å². The molecule has 0 aliphatic rings. The summed E-state index contributed by atoms with van der Waals surface area (Å²) in [7, 11) is -0.0224. The Morgan fingerprint density at radius 2 is 1.50 bits per heavy atom. The van der Waals surface area contributed by atoms with E-state index in [0.717, 1.165) is 0 Å². The molecule has 0 unspecified atom stereocenters. The molecule has 0 aliphatic heterocycles. The largest absolute Gasteiger partial charge is 0.104 e. The van der Waals surface area contributed by atoms with Gasteiger partial charge < -0.3 is 0 Å². The molecule has 0 aromatic heterocycles. The van der Waals surface area contributed by atoms with E-state index in [0.29, 0.717) is 0 Å². The van der Waals surface area contributed by atoms with Crippen LogP contribution in [-0.4, -0.2) is 14.1 Å². The Hall–Kier alpha value is 0.0869. The summed E-state index contributed by atoms with van der Waals surface area (Å²) in [6, 6.07) is 2.98. The van der Waals surface area contributed by atoms with Crippen LogP contribution in [0.3, 0.4) is 0 Å². The highest BCUT2D eigenvalue weighted by molar-refractivity contribution is 6.65. The first-order chi connectivity index (χ1) is 4.85. The molecule has 0 amide bonds. The van der Waals surface area contributed by atoms with Gasteiger partial charge in [0.25, 0.3) is 0 Å². The van der Waals surface area contributed by atoms with Crippen molar-refractivity contribution in [1.29, 1.82) is 0 Å². The smallest absolute Gasteiger partial charge is 0.00529 e. The monoisotopic (exact) mass is 156 g/mol. The summed E-state index contributed by atoms with van der Waals surface area (Å²) in [6.45, 7) is 6.85. The van der Waals surface area contributed by atoms with Gasteiger partial charge in [-0.3, -0.25) is 0 Å². The lowest BCUT2D eigenvalue weighted by Crippen LogP contribution is -2.02. The molecule has 10 heavy (non-hydrogen) atoms. The van der Waals surface area contributed by atoms with Crippen molar-refractivity contribution >= 4 is 14.1 Å². The second-order valence-electron chi connectivity index (χ2n) is 2.77. The van der Waals surface area contributed by atoms with Crippen LogP contribution in [-0.2, 0) is 0 Å². The van der Waals surface area contributed by atoms with Crippen molar-refractivity contribution in [2.24, 2.45) is 0 Å². The minimum Gasteiger partial charge on any atom is -0.104 e. The van der Waals surface area contributed by atoms with Gasteiger partial charge in [0.05, 0.1) is 0 Å². The first-order valence-electron chi connectivity index (χ1n) is 4.53. The van der Waals surface area contributed by atoms with Gasteiger partial charge in [0, 0.05) is 8.41 Å². The van der Waals surface area contributed by atoms with Crippen molar-refractivity contribution in [2.45, 2.75) is 52.1 Å². The van der Waals surface area contributed by atoms with Crippen molar-refractivity contribution < 1.29 is 0 Å². The quantitative estimate of drug-likeness (QED) is 0.537. The Morgan fingerprint density at radius 1 is 1.00 bits per heavy atom. The molecule has 0 atom stereocenters. The standard InChI is InChI=1S/C9H20Si/c1-4-7-10(8-5-2)9-6-3/h7H,4-6,8-9H2,1-3H3. The van der Waals surface area contributed by atoms with E-state index in [4.69, 9.17) is 0 Å². The van der Waals surface area contributed by atoms with Crippen LogP contribution in [0.25, 0.3) is 0 Å². The van der Waals surface area contributed by atoms with E-state index in [9.17, 15) is 0 Å². The Balaban J connectivity index is 3.60. The molecule has 0 radical (unpaired) electrons. The molecule has 0 nitrogen and oxygen atoms in total. The summed E-state index contributed by atoms with van der Waals surface area (Å²) in [5, 5.41) is 0. The maximum absolute atomic E-state index is 2.57. The molecule has 0 saturated heterocycles. The number of hydrogen-bond acceptors (Lipinski definition) is 0. The predicted octanol–water partition coefficient (Wildman–Crippen LogP) is 3.10. The van der Waals surface area contributed by atoms with Gasteiger partial charge in [0.15, 0.2) is 0 Å². The lowest BCUT2D eigenvalue weighted by Gasteiger charge is -2.00. The first kappa shape index (κ1) is 10.1. The molecule has 0 heterocycles.